The van der Waals surface area contributed by atoms with Gasteiger partial charge in [-0.3, -0.25) is 0 Å². The van der Waals surface area contributed by atoms with Crippen LogP contribution in [0.5, 0.6) is 11.5 Å². The van der Waals surface area contributed by atoms with Gasteiger partial charge in [0.1, 0.15) is 24.7 Å². The van der Waals surface area contributed by atoms with Gasteiger partial charge in [0.05, 0.1) is 12.7 Å². The number of rotatable bonds is 8. The summed E-state index contributed by atoms with van der Waals surface area (Å²) in [4.78, 5) is 0. The number of para-hydroxylation sites is 1. The quantitative estimate of drug-likeness (QED) is 0.318. The second kappa shape index (κ2) is 12.3. The number of hydrogen-bond acceptors (Lipinski definition) is 4. The number of benzene rings is 4. The van der Waals surface area contributed by atoms with E-state index in [2.05, 4.69) is 71.8 Å². The van der Waals surface area contributed by atoms with Crippen molar-refractivity contribution < 1.29 is 14.2 Å². The molecule has 0 spiro atoms. The monoisotopic (exact) mass is 477 g/mol. The second-order valence-electron chi connectivity index (χ2n) is 8.94. The van der Waals surface area contributed by atoms with E-state index in [1.807, 2.05) is 42.5 Å². The molecule has 0 saturated carbocycles. The highest BCUT2D eigenvalue weighted by Gasteiger charge is 2.27. The number of fused-ring (bicyclic) bond motifs is 1. The van der Waals surface area contributed by atoms with Crippen molar-refractivity contribution in [2.24, 2.45) is 0 Å². The van der Waals surface area contributed by atoms with Gasteiger partial charge in [-0.1, -0.05) is 78.6 Å². The molecule has 4 aromatic rings. The molecule has 1 fully saturated rings. The zero-order valence-electron chi connectivity index (χ0n) is 20.4. The Bertz CT molecular complexity index is 1310. The Morgan fingerprint density at radius 3 is 2.19 bits per heavy atom. The molecule has 1 heterocycles. The highest BCUT2D eigenvalue weighted by Crippen LogP contribution is 2.30. The molecule has 1 aliphatic rings. The summed E-state index contributed by atoms with van der Waals surface area (Å²) in [6, 6.07) is 33.1. The fraction of sp³-hybridized carbons (Fsp3) is 0.250. The molecule has 0 aliphatic carbocycles. The molecule has 4 heteroatoms. The lowest BCUT2D eigenvalue weighted by atomic mass is 9.87. The van der Waals surface area contributed by atoms with Crippen LogP contribution in [0, 0.1) is 11.8 Å². The molecule has 36 heavy (non-hydrogen) atoms. The molecule has 0 aromatic heterocycles. The second-order valence-corrected chi connectivity index (χ2v) is 8.94. The largest absolute Gasteiger partial charge is 0.481 e. The molecule has 0 amide bonds. The molecule has 4 nitrogen and oxygen atoms in total. The first-order valence-corrected chi connectivity index (χ1v) is 12.5. The zero-order valence-corrected chi connectivity index (χ0v) is 20.4. The lowest BCUT2D eigenvalue weighted by Crippen LogP contribution is -2.40. The maximum absolute atomic E-state index is 6.43. The number of ether oxygens (including phenoxy) is 3. The van der Waals surface area contributed by atoms with Gasteiger partial charge in [-0.15, -0.1) is 0 Å². The van der Waals surface area contributed by atoms with Crippen LogP contribution in [-0.2, 0) is 11.3 Å². The highest BCUT2D eigenvalue weighted by molar-refractivity contribution is 5.82. The van der Waals surface area contributed by atoms with Gasteiger partial charge in [0, 0.05) is 12.5 Å². The zero-order chi connectivity index (χ0) is 24.4. The van der Waals surface area contributed by atoms with E-state index in [0.29, 0.717) is 25.7 Å². The van der Waals surface area contributed by atoms with Crippen molar-refractivity contribution in [2.45, 2.75) is 25.0 Å². The Morgan fingerprint density at radius 1 is 0.722 bits per heavy atom. The standard InChI is InChI=1S/C32H31NO3/c1-2-10-29(11-3-1)34-20-6-7-21-35-30-16-14-27(15-17-30)31-18-19-33-23-32(31)36-24-25-12-13-26-8-4-5-9-28(26)22-25/h1-5,8-17,22,31-33H,18-21,23-24H2. The Morgan fingerprint density at radius 2 is 1.42 bits per heavy atom. The molecule has 2 atom stereocenters. The third kappa shape index (κ3) is 6.46. The minimum Gasteiger partial charge on any atom is -0.481 e. The topological polar surface area (TPSA) is 39.7 Å². The number of nitrogens with one attached hydrogen (secondary N) is 1. The van der Waals surface area contributed by atoms with E-state index in [-0.39, 0.29) is 6.10 Å². The summed E-state index contributed by atoms with van der Waals surface area (Å²) in [5, 5.41) is 6.00. The van der Waals surface area contributed by atoms with Crippen LogP contribution < -0.4 is 14.8 Å². The van der Waals surface area contributed by atoms with Gasteiger partial charge in [0.15, 0.2) is 0 Å². The van der Waals surface area contributed by atoms with Crippen LogP contribution in [0.15, 0.2) is 97.1 Å². The lowest BCUT2D eigenvalue weighted by Gasteiger charge is -2.32. The third-order valence-electron chi connectivity index (χ3n) is 6.50. The van der Waals surface area contributed by atoms with Crippen molar-refractivity contribution >= 4 is 10.8 Å². The fourth-order valence-corrected chi connectivity index (χ4v) is 4.59. The van der Waals surface area contributed by atoms with Gasteiger partial charge < -0.3 is 19.5 Å². The summed E-state index contributed by atoms with van der Waals surface area (Å²) < 4.78 is 17.8. The van der Waals surface area contributed by atoms with Crippen LogP contribution in [0.1, 0.15) is 23.5 Å². The Labute approximate surface area is 213 Å². The molecule has 182 valence electrons. The first-order chi connectivity index (χ1) is 17.8. The Kier molecular flexibility index (Phi) is 8.15. The Hall–Kier alpha value is -3.78. The summed E-state index contributed by atoms with van der Waals surface area (Å²) in [5.74, 6) is 7.99. The first-order valence-electron chi connectivity index (χ1n) is 12.5. The molecular weight excluding hydrogens is 446 g/mol. The molecule has 1 aliphatic heterocycles. The molecule has 2 unspecified atom stereocenters. The van der Waals surface area contributed by atoms with Crippen LogP contribution in [0.25, 0.3) is 10.8 Å². The average Bonchev–Trinajstić information content (AvgIpc) is 2.95. The van der Waals surface area contributed by atoms with Crippen LogP contribution >= 0.6 is 0 Å². The lowest BCUT2D eigenvalue weighted by molar-refractivity contribution is 0.0106. The van der Waals surface area contributed by atoms with Gasteiger partial charge in [-0.05, 0) is 65.2 Å². The smallest absolute Gasteiger partial charge is 0.149 e. The predicted octanol–water partition coefficient (Wildman–Crippen LogP) is 5.96. The van der Waals surface area contributed by atoms with E-state index >= 15 is 0 Å². The SMILES string of the molecule is C(#CCOc1ccc(C2CCNCC2OCc2ccc3ccccc3c2)cc1)COc1ccccc1. The third-order valence-corrected chi connectivity index (χ3v) is 6.50. The summed E-state index contributed by atoms with van der Waals surface area (Å²) in [5.41, 5.74) is 2.49. The van der Waals surface area contributed by atoms with E-state index in [0.717, 1.165) is 31.0 Å². The van der Waals surface area contributed by atoms with Crippen LogP contribution in [0.4, 0.5) is 0 Å². The molecule has 4 aromatic carbocycles. The van der Waals surface area contributed by atoms with Crippen molar-refractivity contribution in [2.75, 3.05) is 26.3 Å². The van der Waals surface area contributed by atoms with Gasteiger partial charge in [-0.2, -0.15) is 0 Å². The molecule has 5 rings (SSSR count). The van der Waals surface area contributed by atoms with Gasteiger partial charge >= 0.3 is 0 Å². The van der Waals surface area contributed by atoms with Crippen LogP contribution in [-0.4, -0.2) is 32.4 Å². The molecular formula is C32H31NO3. The summed E-state index contributed by atoms with van der Waals surface area (Å²) in [6.45, 7) is 3.16. The fourth-order valence-electron chi connectivity index (χ4n) is 4.59. The molecule has 0 bridgehead atoms. The van der Waals surface area contributed by atoms with Crippen molar-refractivity contribution in [3.05, 3.63) is 108 Å². The van der Waals surface area contributed by atoms with Gasteiger partial charge in [0.25, 0.3) is 0 Å². The highest BCUT2D eigenvalue weighted by atomic mass is 16.5. The van der Waals surface area contributed by atoms with Crippen LogP contribution in [0.3, 0.4) is 0 Å². The van der Waals surface area contributed by atoms with E-state index < -0.39 is 0 Å². The van der Waals surface area contributed by atoms with Crippen molar-refractivity contribution in [3.8, 4) is 23.3 Å². The van der Waals surface area contributed by atoms with E-state index in [1.165, 1.54) is 21.9 Å². The van der Waals surface area contributed by atoms with Crippen molar-refractivity contribution in [1.29, 1.82) is 0 Å². The van der Waals surface area contributed by atoms with E-state index in [9.17, 15) is 0 Å². The maximum Gasteiger partial charge on any atom is 0.149 e. The Balaban J connectivity index is 1.12. The predicted molar refractivity (Wildman–Crippen MR) is 144 cm³/mol. The normalized spacial score (nSPS) is 17.2. The average molecular weight is 478 g/mol. The molecule has 1 saturated heterocycles. The van der Waals surface area contributed by atoms with Gasteiger partial charge in [-0.25, -0.2) is 0 Å². The van der Waals surface area contributed by atoms with Crippen molar-refractivity contribution in [1.82, 2.24) is 5.32 Å². The summed E-state index contributed by atoms with van der Waals surface area (Å²) >= 11 is 0. The van der Waals surface area contributed by atoms with E-state index in [4.69, 9.17) is 14.2 Å². The number of hydrogen-bond donors (Lipinski definition) is 1. The van der Waals surface area contributed by atoms with E-state index in [1.54, 1.807) is 0 Å². The van der Waals surface area contributed by atoms with Gasteiger partial charge in [0.2, 0.25) is 0 Å². The minimum absolute atomic E-state index is 0.132. The summed E-state index contributed by atoms with van der Waals surface area (Å²) in [6.07, 6.45) is 1.18. The summed E-state index contributed by atoms with van der Waals surface area (Å²) in [7, 11) is 0. The number of piperidine rings is 1. The molecule has 1 N–H and O–H groups in total. The minimum atomic E-state index is 0.132. The maximum atomic E-state index is 6.43. The van der Waals surface area contributed by atoms with Crippen LogP contribution in [0.2, 0.25) is 0 Å². The van der Waals surface area contributed by atoms with Crippen molar-refractivity contribution in [3.63, 3.8) is 0 Å². The first kappa shape index (κ1) is 23.9. The molecule has 0 radical (unpaired) electrons.